The van der Waals surface area contributed by atoms with Crippen molar-refractivity contribution < 1.29 is 9.90 Å². The van der Waals surface area contributed by atoms with Crippen LogP contribution < -0.4 is 10.6 Å². The Morgan fingerprint density at radius 3 is 2.39 bits per heavy atom. The number of aliphatic hydroxyl groups excluding tert-OH is 1. The van der Waals surface area contributed by atoms with Gasteiger partial charge in [0.05, 0.1) is 12.6 Å². The van der Waals surface area contributed by atoms with Gasteiger partial charge in [0.15, 0.2) is 5.54 Å². The topological polar surface area (TPSA) is 61.4 Å². The number of aliphatic hydroxyl groups is 1. The van der Waals surface area contributed by atoms with Crippen molar-refractivity contribution in [3.8, 4) is 0 Å². The second kappa shape index (κ2) is 7.57. The van der Waals surface area contributed by atoms with Gasteiger partial charge in [-0.05, 0) is 29.8 Å². The Hall–Kier alpha value is -2.37. The van der Waals surface area contributed by atoms with Gasteiger partial charge in [-0.3, -0.25) is 10.1 Å². The smallest absolute Gasteiger partial charge is 0.254 e. The molecule has 0 fully saturated rings. The Kier molecular flexibility index (Phi) is 5.13. The first-order valence-electron chi connectivity index (χ1n) is 8.86. The van der Waals surface area contributed by atoms with Crippen LogP contribution in [0.3, 0.4) is 0 Å². The molecular formula is C22H18Cl2N2O2. The number of hydrogen-bond acceptors (Lipinski definition) is 3. The van der Waals surface area contributed by atoms with Crippen LogP contribution in [-0.4, -0.2) is 17.6 Å². The first-order chi connectivity index (χ1) is 13.6. The lowest BCUT2D eigenvalue weighted by molar-refractivity contribution is -0.120. The molecule has 4 nitrogen and oxygen atoms in total. The summed E-state index contributed by atoms with van der Waals surface area (Å²) in [6.07, 6.45) is 0. The highest BCUT2D eigenvalue weighted by Crippen LogP contribution is 2.45. The fourth-order valence-electron chi connectivity index (χ4n) is 3.71. The Bertz CT molecular complexity index is 1030. The summed E-state index contributed by atoms with van der Waals surface area (Å²) >= 11 is 12.8. The second-order valence-corrected chi connectivity index (χ2v) is 7.51. The minimum atomic E-state index is -1.29. The standard InChI is InChI=1S/C22H18Cl2N2O2/c23-15-10-11-19-17(12-15)22(21(28)25-19,16-8-4-5-9-18(16)24)26-20(13-27)14-6-2-1-3-7-14/h1-12,20,26-27H,13H2,(H,25,28)/t20-,22?/m1/s1. The molecule has 1 unspecified atom stereocenters. The first kappa shape index (κ1) is 19.0. The largest absolute Gasteiger partial charge is 0.394 e. The van der Waals surface area contributed by atoms with Crippen LogP contribution in [0, 0.1) is 0 Å². The molecule has 142 valence electrons. The molecule has 4 rings (SSSR count). The third-order valence-electron chi connectivity index (χ3n) is 5.03. The molecule has 1 heterocycles. The van der Waals surface area contributed by atoms with Crippen LogP contribution in [0.2, 0.25) is 10.0 Å². The molecule has 2 atom stereocenters. The lowest BCUT2D eigenvalue weighted by atomic mass is 9.82. The van der Waals surface area contributed by atoms with Crippen LogP contribution in [-0.2, 0) is 10.3 Å². The van der Waals surface area contributed by atoms with Crippen molar-refractivity contribution in [2.45, 2.75) is 11.6 Å². The highest BCUT2D eigenvalue weighted by atomic mass is 35.5. The monoisotopic (exact) mass is 412 g/mol. The number of nitrogens with one attached hydrogen (secondary N) is 2. The summed E-state index contributed by atoms with van der Waals surface area (Å²) in [5.41, 5.74) is 1.50. The van der Waals surface area contributed by atoms with Crippen LogP contribution in [0.4, 0.5) is 5.69 Å². The fourth-order valence-corrected chi connectivity index (χ4v) is 4.16. The molecule has 1 amide bonds. The number of halogens is 2. The van der Waals surface area contributed by atoms with E-state index < -0.39 is 11.6 Å². The van der Waals surface area contributed by atoms with Gasteiger partial charge in [-0.15, -0.1) is 0 Å². The summed E-state index contributed by atoms with van der Waals surface area (Å²) in [7, 11) is 0. The van der Waals surface area contributed by atoms with E-state index in [0.29, 0.717) is 26.9 Å². The lowest BCUT2D eigenvalue weighted by Crippen LogP contribution is -2.51. The van der Waals surface area contributed by atoms with Crippen LogP contribution in [0.1, 0.15) is 22.7 Å². The van der Waals surface area contributed by atoms with E-state index in [-0.39, 0.29) is 12.5 Å². The molecule has 0 saturated heterocycles. The van der Waals surface area contributed by atoms with Crippen LogP contribution in [0.5, 0.6) is 0 Å². The summed E-state index contributed by atoms with van der Waals surface area (Å²) in [6, 6.07) is 21.4. The molecule has 3 N–H and O–H groups in total. The van der Waals surface area contributed by atoms with Gasteiger partial charge in [0.2, 0.25) is 0 Å². The quantitative estimate of drug-likeness (QED) is 0.577. The third kappa shape index (κ3) is 3.09. The number of benzene rings is 3. The predicted molar refractivity (Wildman–Crippen MR) is 112 cm³/mol. The summed E-state index contributed by atoms with van der Waals surface area (Å²) < 4.78 is 0. The van der Waals surface area contributed by atoms with Crippen molar-refractivity contribution in [2.75, 3.05) is 11.9 Å². The predicted octanol–water partition coefficient (Wildman–Crippen LogP) is 4.51. The molecule has 1 aliphatic heterocycles. The zero-order valence-electron chi connectivity index (χ0n) is 14.8. The average molecular weight is 413 g/mol. The number of fused-ring (bicyclic) bond motifs is 1. The summed E-state index contributed by atoms with van der Waals surface area (Å²) in [4.78, 5) is 13.3. The molecule has 3 aromatic rings. The number of rotatable bonds is 5. The van der Waals surface area contributed by atoms with Gasteiger partial charge in [0.25, 0.3) is 5.91 Å². The molecule has 0 bridgehead atoms. The maximum atomic E-state index is 13.3. The number of hydrogen-bond donors (Lipinski definition) is 3. The normalized spacial score (nSPS) is 19.2. The molecule has 0 saturated carbocycles. The van der Waals surface area contributed by atoms with E-state index in [1.165, 1.54) is 0 Å². The van der Waals surface area contributed by atoms with E-state index in [1.807, 2.05) is 48.5 Å². The van der Waals surface area contributed by atoms with Gasteiger partial charge < -0.3 is 10.4 Å². The van der Waals surface area contributed by atoms with E-state index in [0.717, 1.165) is 5.56 Å². The number of amides is 1. The zero-order valence-corrected chi connectivity index (χ0v) is 16.3. The molecular weight excluding hydrogens is 395 g/mol. The SMILES string of the molecule is O=C1Nc2ccc(Cl)cc2C1(N[C@H](CO)c1ccccc1)c1ccccc1Cl. The van der Waals surface area contributed by atoms with Crippen molar-refractivity contribution in [1.29, 1.82) is 0 Å². The summed E-state index contributed by atoms with van der Waals surface area (Å²) in [6.45, 7) is -0.195. The molecule has 0 spiro atoms. The zero-order chi connectivity index (χ0) is 19.7. The molecule has 0 radical (unpaired) electrons. The Balaban J connectivity index is 1.93. The summed E-state index contributed by atoms with van der Waals surface area (Å²) in [5.74, 6) is -0.271. The Labute approximate surface area is 173 Å². The van der Waals surface area contributed by atoms with Crippen molar-refractivity contribution in [3.63, 3.8) is 0 Å². The highest BCUT2D eigenvalue weighted by Gasteiger charge is 2.50. The second-order valence-electron chi connectivity index (χ2n) is 6.66. The van der Waals surface area contributed by atoms with E-state index in [2.05, 4.69) is 10.6 Å². The minimum Gasteiger partial charge on any atom is -0.394 e. The van der Waals surface area contributed by atoms with Crippen molar-refractivity contribution >= 4 is 34.8 Å². The van der Waals surface area contributed by atoms with Crippen molar-refractivity contribution in [1.82, 2.24) is 5.32 Å². The average Bonchev–Trinajstić information content (AvgIpc) is 2.98. The van der Waals surface area contributed by atoms with E-state index in [9.17, 15) is 9.90 Å². The van der Waals surface area contributed by atoms with E-state index >= 15 is 0 Å². The van der Waals surface area contributed by atoms with Gasteiger partial charge >= 0.3 is 0 Å². The minimum absolute atomic E-state index is 0.195. The van der Waals surface area contributed by atoms with Crippen LogP contribution in [0.15, 0.2) is 72.8 Å². The number of carbonyl (C=O) groups excluding carboxylic acids is 1. The molecule has 6 heteroatoms. The van der Waals surface area contributed by atoms with Gasteiger partial charge in [0, 0.05) is 26.9 Å². The first-order valence-corrected chi connectivity index (χ1v) is 9.62. The Morgan fingerprint density at radius 2 is 1.68 bits per heavy atom. The third-order valence-corrected chi connectivity index (χ3v) is 5.59. The maximum absolute atomic E-state index is 13.3. The maximum Gasteiger partial charge on any atom is 0.254 e. The van der Waals surface area contributed by atoms with Gasteiger partial charge in [-0.1, -0.05) is 71.7 Å². The summed E-state index contributed by atoms with van der Waals surface area (Å²) in [5, 5.41) is 17.4. The van der Waals surface area contributed by atoms with Crippen LogP contribution >= 0.6 is 23.2 Å². The Morgan fingerprint density at radius 1 is 0.964 bits per heavy atom. The van der Waals surface area contributed by atoms with E-state index in [1.54, 1.807) is 24.3 Å². The van der Waals surface area contributed by atoms with Gasteiger partial charge in [-0.2, -0.15) is 0 Å². The van der Waals surface area contributed by atoms with Gasteiger partial charge in [0.1, 0.15) is 0 Å². The lowest BCUT2D eigenvalue weighted by Gasteiger charge is -2.34. The molecule has 1 aliphatic rings. The van der Waals surface area contributed by atoms with E-state index in [4.69, 9.17) is 23.2 Å². The number of anilines is 1. The van der Waals surface area contributed by atoms with Crippen LogP contribution in [0.25, 0.3) is 0 Å². The molecule has 0 aliphatic carbocycles. The fraction of sp³-hybridized carbons (Fsp3) is 0.136. The molecule has 0 aromatic heterocycles. The highest BCUT2D eigenvalue weighted by molar-refractivity contribution is 6.32. The van der Waals surface area contributed by atoms with Gasteiger partial charge in [-0.25, -0.2) is 0 Å². The van der Waals surface area contributed by atoms with Crippen molar-refractivity contribution in [2.24, 2.45) is 0 Å². The van der Waals surface area contributed by atoms with Crippen molar-refractivity contribution in [3.05, 3.63) is 99.5 Å². The number of carbonyl (C=O) groups is 1. The molecule has 28 heavy (non-hydrogen) atoms. The molecule has 3 aromatic carbocycles.